The van der Waals surface area contributed by atoms with Gasteiger partial charge in [-0.1, -0.05) is 55.4 Å². The summed E-state index contributed by atoms with van der Waals surface area (Å²) in [6, 6.07) is 30.5. The zero-order chi connectivity index (χ0) is 69.2. The molecule has 24 heteroatoms. The number of ketones is 2. The van der Waals surface area contributed by atoms with Crippen LogP contribution in [0, 0.1) is 90.6 Å². The molecule has 7 aliphatic rings. The third-order valence-electron chi connectivity index (χ3n) is 20.8. The van der Waals surface area contributed by atoms with Crippen molar-refractivity contribution in [3.8, 4) is 108 Å². The minimum Gasteiger partial charge on any atom is -0.289 e. The van der Waals surface area contributed by atoms with Crippen LogP contribution in [0.15, 0.2) is 79.5 Å². The smallest absolute Gasteiger partial charge is 0.194 e. The molecular formula is C76H34N12O2S10. The first-order chi connectivity index (χ1) is 48.1. The van der Waals surface area contributed by atoms with Gasteiger partial charge in [0.25, 0.3) is 0 Å². The Labute approximate surface area is 608 Å². The van der Waals surface area contributed by atoms with E-state index < -0.39 is 22.4 Å². The molecule has 100 heavy (non-hydrogen) atoms. The van der Waals surface area contributed by atoms with Gasteiger partial charge in [-0.15, -0.1) is 90.7 Å². The van der Waals surface area contributed by atoms with Gasteiger partial charge in [-0.25, -0.2) is 0 Å². The lowest BCUT2D eigenvalue weighted by atomic mass is 9.81. The number of thiophene rings is 8. The van der Waals surface area contributed by atoms with E-state index in [-0.39, 0.29) is 77.6 Å². The number of carbonyl (C=O) groups excluding carboxylic acids is 2. The molecule has 12 aromatic rings. The van der Waals surface area contributed by atoms with Crippen molar-refractivity contribution in [2.75, 3.05) is 0 Å². The standard InChI is InChI=1S/C76H34N12O2S10/c1-73(2)41-15-33(13-39-47(31(23-81)24-82)35-9-27(19-77)29(21-79)11-37(35)59(39)89)91-61(41)65-51(73)69-71(95-65)53-67(97-69)63-43(75(53,5)6)17-45(93-63)49-55-57(87-99-85-55)50(58-56(49)86-100-88-58)46-18-44-64(94-46)68-54(76(44,7)8)72-70(98-68)52-66(96-72)62-42(74(52,3)4)16-34(92-62)14-40-48(32(25-83)26-84)36-10-28(20-78)30(22-80)12-38(36)60(40)90/h9-18H,1-8H3/b39-13-,40-14-. The van der Waals surface area contributed by atoms with Gasteiger partial charge in [0, 0.05) is 105 Å². The largest absolute Gasteiger partial charge is 0.289 e. The van der Waals surface area contributed by atoms with Crippen LogP contribution in [0.2, 0.25) is 0 Å². The highest BCUT2D eigenvalue weighted by atomic mass is 32.1. The first kappa shape index (κ1) is 60.8. The normalized spacial score (nSPS) is 16.9. The van der Waals surface area contributed by atoms with Gasteiger partial charge in [-0.2, -0.15) is 59.6 Å². The van der Waals surface area contributed by atoms with Gasteiger partial charge in [-0.3, -0.25) is 9.59 Å². The van der Waals surface area contributed by atoms with Crippen LogP contribution in [0.5, 0.6) is 0 Å². The highest BCUT2D eigenvalue weighted by Crippen LogP contribution is 2.70. The molecule has 19 rings (SSSR count). The van der Waals surface area contributed by atoms with E-state index in [9.17, 15) is 51.7 Å². The molecule has 1 aliphatic heterocycles. The Bertz CT molecular complexity index is 6370. The maximum Gasteiger partial charge on any atom is 0.194 e. The zero-order valence-electron chi connectivity index (χ0n) is 53.0. The molecule has 14 nitrogen and oxygen atoms in total. The van der Waals surface area contributed by atoms with Gasteiger partial charge in [0.2, 0.25) is 0 Å². The van der Waals surface area contributed by atoms with E-state index >= 15 is 0 Å². The van der Waals surface area contributed by atoms with Crippen molar-refractivity contribution in [1.29, 1.82) is 42.1 Å². The number of aromatic nitrogens is 2. The monoisotopic (exact) mass is 1470 g/mol. The van der Waals surface area contributed by atoms with Crippen LogP contribution in [0.4, 0.5) is 11.4 Å². The number of Topliss-reactive ketones (excluding diaryl/α,β-unsaturated/α-hetero) is 2. The molecule has 0 spiro atoms. The number of rotatable bonds is 4. The summed E-state index contributed by atoms with van der Waals surface area (Å²) >= 11 is 16.5. The van der Waals surface area contributed by atoms with E-state index in [1.54, 1.807) is 57.5 Å². The minimum absolute atomic E-state index is 0.0521. The van der Waals surface area contributed by atoms with Crippen LogP contribution in [-0.2, 0) is 33.0 Å². The number of carbonyl (C=O) groups is 2. The van der Waals surface area contributed by atoms with Crippen molar-refractivity contribution in [3.05, 3.63) is 170 Å². The van der Waals surface area contributed by atoms with Gasteiger partial charge in [-0.05, 0) is 116 Å². The summed E-state index contributed by atoms with van der Waals surface area (Å²) in [5.74, 6) is -0.816. The topological polar surface area (TPSA) is 275 Å². The highest BCUT2D eigenvalue weighted by Gasteiger charge is 2.50. The van der Waals surface area contributed by atoms with Crippen LogP contribution >= 0.6 is 102 Å². The van der Waals surface area contributed by atoms with Gasteiger partial charge in [0.05, 0.1) is 83.6 Å². The molecule has 0 radical (unpaired) electrons. The maximum absolute atomic E-state index is 14.2. The molecular weight excluding hydrogens is 1430 g/mol. The van der Waals surface area contributed by atoms with Gasteiger partial charge in [0.1, 0.15) is 82.1 Å². The summed E-state index contributed by atoms with van der Waals surface area (Å²) in [5.41, 5.74) is 15.0. The first-order valence-electron chi connectivity index (χ1n) is 30.9. The molecule has 0 amide bonds. The number of benzene rings is 3. The highest BCUT2D eigenvalue weighted by molar-refractivity contribution is 7.58. The molecule has 3 aromatic carbocycles. The molecule has 0 fully saturated rings. The third kappa shape index (κ3) is 7.43. The van der Waals surface area contributed by atoms with E-state index in [0.717, 1.165) is 73.9 Å². The Morgan fingerprint density at radius 1 is 0.390 bits per heavy atom. The molecule has 0 unspecified atom stereocenters. The van der Waals surface area contributed by atoms with Crippen molar-refractivity contribution in [1.82, 2.24) is 8.75 Å². The van der Waals surface area contributed by atoms with Crippen molar-refractivity contribution in [2.45, 2.75) is 77.0 Å². The quantitative estimate of drug-likeness (QED) is 0.117. The van der Waals surface area contributed by atoms with Crippen LogP contribution in [0.25, 0.3) is 113 Å². The molecule has 0 saturated heterocycles. The number of hydrogen-bond acceptors (Lipinski definition) is 23. The minimum atomic E-state index is -0.408. The average Bonchev–Trinajstić information content (AvgIpc) is 1.51. The SMILES string of the molecule is CC1(C)c2cc(/C=C3\C(=O)c4cc(C#N)c(C#N)cc4C3=C(C#N)C#N)sc2-c2sc3c4c(sc3c21)-c1sc(-c2c3c(c(-c5cc6c(s5)-c5sc7c8c(sc7c5C6(C)C)-c5sc(/C=C6\C(=O)c7cc(C#N)c(C#N)cc7C6=C(C#N)C#N)cc5C8(C)C)c5nsnc25)N=S=N3)cc1C4(C)C. The summed E-state index contributed by atoms with van der Waals surface area (Å²) < 4.78 is 25.4. The second-order valence-electron chi connectivity index (χ2n) is 27.3. The molecule has 470 valence electrons. The molecule has 0 atom stereocenters. The Hall–Kier alpha value is -10.4. The Kier molecular flexibility index (Phi) is 12.3. The summed E-state index contributed by atoms with van der Waals surface area (Å²) in [6.45, 7) is 18.3. The third-order valence-corrected chi connectivity index (χ3v) is 32.1. The van der Waals surface area contributed by atoms with Crippen molar-refractivity contribution in [2.24, 2.45) is 8.73 Å². The van der Waals surface area contributed by atoms with Crippen LogP contribution in [-0.4, -0.2) is 20.3 Å². The van der Waals surface area contributed by atoms with Gasteiger partial charge < -0.3 is 0 Å². The molecule has 0 saturated carbocycles. The fourth-order valence-corrected chi connectivity index (χ4v) is 30.1. The zero-order valence-corrected chi connectivity index (χ0v) is 61.2. The number of allylic oxidation sites excluding steroid dienone is 6. The fourth-order valence-electron chi connectivity index (χ4n) is 16.1. The lowest BCUT2D eigenvalue weighted by Crippen LogP contribution is -2.15. The number of hydrogen-bond donors (Lipinski definition) is 0. The summed E-state index contributed by atoms with van der Waals surface area (Å²) in [5, 5.41) is 79.7. The maximum atomic E-state index is 14.2. The molecule has 0 bridgehead atoms. The second kappa shape index (κ2) is 20.2. The molecule has 9 aromatic heterocycles. The Morgan fingerprint density at radius 3 is 1.02 bits per heavy atom. The van der Waals surface area contributed by atoms with Crippen molar-refractivity contribution >= 4 is 190 Å². The van der Waals surface area contributed by atoms with E-state index in [1.165, 1.54) is 129 Å². The Balaban J connectivity index is 0.657. The molecule has 6 aliphatic carbocycles. The second-order valence-corrected chi connectivity index (χ2v) is 36.7. The summed E-state index contributed by atoms with van der Waals surface area (Å²) in [6.07, 6.45) is 3.51. The molecule has 10 heterocycles. The van der Waals surface area contributed by atoms with E-state index in [1.807, 2.05) is 93.9 Å². The van der Waals surface area contributed by atoms with E-state index in [4.69, 9.17) is 17.5 Å². The predicted octanol–water partition coefficient (Wildman–Crippen LogP) is 21.4. The summed E-state index contributed by atoms with van der Waals surface area (Å²) in [7, 11) is 0. The van der Waals surface area contributed by atoms with Crippen molar-refractivity contribution < 1.29 is 9.59 Å². The van der Waals surface area contributed by atoms with E-state index in [0.29, 0.717) is 11.1 Å². The fraction of sp³-hybridized carbons (Fsp3) is 0.158. The lowest BCUT2D eigenvalue weighted by molar-refractivity contribution is 0.103. The Morgan fingerprint density at radius 2 is 0.700 bits per heavy atom. The van der Waals surface area contributed by atoms with Crippen LogP contribution in [0.3, 0.4) is 0 Å². The van der Waals surface area contributed by atoms with Crippen LogP contribution in [0.1, 0.15) is 164 Å². The number of nitrogens with zero attached hydrogens (tertiary/aromatic N) is 12. The molecule has 0 N–H and O–H groups in total. The summed E-state index contributed by atoms with van der Waals surface area (Å²) in [4.78, 5) is 41.8. The van der Waals surface area contributed by atoms with Gasteiger partial charge >= 0.3 is 0 Å². The average molecular weight is 1470 g/mol. The number of nitriles is 8. The van der Waals surface area contributed by atoms with Crippen LogP contribution < -0.4 is 0 Å². The lowest BCUT2D eigenvalue weighted by Gasteiger charge is -2.21. The van der Waals surface area contributed by atoms with E-state index in [2.05, 4.69) is 79.7 Å². The predicted molar refractivity (Wildman–Crippen MR) is 401 cm³/mol. The first-order valence-corrected chi connectivity index (χ1v) is 38.9. The number of fused-ring (bicyclic) bond motifs is 22. The van der Waals surface area contributed by atoms with Crippen molar-refractivity contribution in [3.63, 3.8) is 0 Å². The van der Waals surface area contributed by atoms with Gasteiger partial charge in [0.15, 0.2) is 11.6 Å².